The molecule has 0 saturated carbocycles. The standard InChI is InChI=1S/C14H16BrN3OS/c1-14(2,3)10-7-20-13(17-10)18-12(19)8-5-4-6-9(16)11(8)15/h4-7H,16H2,1-3H3,(H,17,18,19). The summed E-state index contributed by atoms with van der Waals surface area (Å²) in [7, 11) is 0. The molecule has 0 fully saturated rings. The molecule has 106 valence electrons. The maximum atomic E-state index is 12.2. The molecule has 0 saturated heterocycles. The highest BCUT2D eigenvalue weighted by atomic mass is 79.9. The van der Waals surface area contributed by atoms with Crippen LogP contribution in [0.1, 0.15) is 36.8 Å². The van der Waals surface area contributed by atoms with Crippen LogP contribution in [0.2, 0.25) is 0 Å². The van der Waals surface area contributed by atoms with Crippen LogP contribution < -0.4 is 11.1 Å². The second-order valence-electron chi connectivity index (χ2n) is 5.45. The topological polar surface area (TPSA) is 68.0 Å². The molecule has 0 bridgehead atoms. The van der Waals surface area contributed by atoms with Crippen molar-refractivity contribution in [3.05, 3.63) is 39.3 Å². The van der Waals surface area contributed by atoms with Gasteiger partial charge in [-0.25, -0.2) is 4.98 Å². The Hall–Kier alpha value is -1.40. The van der Waals surface area contributed by atoms with Gasteiger partial charge in [-0.1, -0.05) is 26.8 Å². The van der Waals surface area contributed by atoms with Crippen LogP contribution in [0.5, 0.6) is 0 Å². The Balaban J connectivity index is 2.20. The fourth-order valence-corrected chi connectivity index (χ4v) is 2.94. The number of thiazole rings is 1. The summed E-state index contributed by atoms with van der Waals surface area (Å²) >= 11 is 4.75. The van der Waals surface area contributed by atoms with Crippen molar-refractivity contribution in [3.8, 4) is 0 Å². The monoisotopic (exact) mass is 353 g/mol. The van der Waals surface area contributed by atoms with Crippen LogP contribution >= 0.6 is 27.3 Å². The van der Waals surface area contributed by atoms with Crippen LogP contribution in [0.4, 0.5) is 10.8 Å². The third-order valence-corrected chi connectivity index (χ3v) is 4.41. The number of halogens is 1. The number of rotatable bonds is 2. The van der Waals surface area contributed by atoms with Crippen LogP contribution in [0.25, 0.3) is 0 Å². The number of nitrogens with zero attached hydrogens (tertiary/aromatic N) is 1. The Morgan fingerprint density at radius 3 is 2.70 bits per heavy atom. The summed E-state index contributed by atoms with van der Waals surface area (Å²) in [5, 5.41) is 5.36. The fraction of sp³-hybridized carbons (Fsp3) is 0.286. The van der Waals surface area contributed by atoms with E-state index >= 15 is 0 Å². The number of amides is 1. The number of aromatic nitrogens is 1. The van der Waals surface area contributed by atoms with E-state index in [2.05, 4.69) is 47.0 Å². The summed E-state index contributed by atoms with van der Waals surface area (Å²) < 4.78 is 0.602. The van der Waals surface area contributed by atoms with Crippen molar-refractivity contribution in [3.63, 3.8) is 0 Å². The minimum atomic E-state index is -0.223. The van der Waals surface area contributed by atoms with E-state index in [4.69, 9.17) is 5.73 Å². The van der Waals surface area contributed by atoms with E-state index in [9.17, 15) is 4.79 Å². The summed E-state index contributed by atoms with van der Waals surface area (Å²) in [6.45, 7) is 6.26. The van der Waals surface area contributed by atoms with E-state index in [1.165, 1.54) is 11.3 Å². The van der Waals surface area contributed by atoms with Crippen LogP contribution in [0.15, 0.2) is 28.1 Å². The summed E-state index contributed by atoms with van der Waals surface area (Å²) in [4.78, 5) is 16.7. The number of hydrogen-bond donors (Lipinski definition) is 2. The number of benzene rings is 1. The van der Waals surface area contributed by atoms with Gasteiger partial charge in [0.05, 0.1) is 15.7 Å². The molecule has 1 aromatic carbocycles. The molecule has 1 heterocycles. The predicted octanol–water partition coefficient (Wildman–Crippen LogP) is 4.04. The van der Waals surface area contributed by atoms with E-state index in [-0.39, 0.29) is 11.3 Å². The predicted molar refractivity (Wildman–Crippen MR) is 87.3 cm³/mol. The van der Waals surface area contributed by atoms with Gasteiger partial charge in [0.25, 0.3) is 5.91 Å². The first kappa shape index (κ1) is 15.0. The molecule has 1 amide bonds. The first-order chi connectivity index (χ1) is 9.29. The van der Waals surface area contributed by atoms with Gasteiger partial charge in [-0.15, -0.1) is 11.3 Å². The number of nitrogens with one attached hydrogen (secondary N) is 1. The molecular formula is C14H16BrN3OS. The van der Waals surface area contributed by atoms with Crippen molar-refractivity contribution in [2.45, 2.75) is 26.2 Å². The van der Waals surface area contributed by atoms with Crippen molar-refractivity contribution >= 4 is 44.0 Å². The van der Waals surface area contributed by atoms with Gasteiger partial charge in [0.1, 0.15) is 0 Å². The number of hydrogen-bond acceptors (Lipinski definition) is 4. The first-order valence-electron chi connectivity index (χ1n) is 6.10. The lowest BCUT2D eigenvalue weighted by molar-refractivity contribution is 0.102. The molecule has 0 spiro atoms. The van der Waals surface area contributed by atoms with E-state index in [0.29, 0.717) is 20.9 Å². The van der Waals surface area contributed by atoms with Crippen LogP contribution in [0.3, 0.4) is 0 Å². The largest absolute Gasteiger partial charge is 0.398 e. The molecule has 2 aromatic rings. The number of nitrogens with two attached hydrogens (primary N) is 1. The Labute approximate surface area is 130 Å². The smallest absolute Gasteiger partial charge is 0.258 e. The van der Waals surface area contributed by atoms with E-state index in [0.717, 1.165) is 5.69 Å². The molecule has 0 aliphatic heterocycles. The van der Waals surface area contributed by atoms with Crippen molar-refractivity contribution in [1.82, 2.24) is 4.98 Å². The van der Waals surface area contributed by atoms with Gasteiger partial charge >= 0.3 is 0 Å². The maximum Gasteiger partial charge on any atom is 0.258 e. The third-order valence-electron chi connectivity index (χ3n) is 2.77. The molecule has 0 aliphatic rings. The Morgan fingerprint density at radius 2 is 2.10 bits per heavy atom. The number of nitrogen functional groups attached to an aromatic ring is 1. The molecule has 2 rings (SSSR count). The fourth-order valence-electron chi connectivity index (χ4n) is 1.57. The van der Waals surface area contributed by atoms with Crippen LogP contribution in [-0.2, 0) is 5.41 Å². The lowest BCUT2D eigenvalue weighted by atomic mass is 9.93. The lowest BCUT2D eigenvalue weighted by Crippen LogP contribution is -2.15. The van der Waals surface area contributed by atoms with E-state index in [1.54, 1.807) is 18.2 Å². The zero-order chi connectivity index (χ0) is 14.9. The SMILES string of the molecule is CC(C)(C)c1csc(NC(=O)c2cccc(N)c2Br)n1. The minimum Gasteiger partial charge on any atom is -0.398 e. The normalized spacial score (nSPS) is 11.4. The number of anilines is 2. The van der Waals surface area contributed by atoms with Crippen molar-refractivity contribution in [1.29, 1.82) is 0 Å². The average molecular weight is 354 g/mol. The maximum absolute atomic E-state index is 12.2. The van der Waals surface area contributed by atoms with Crippen molar-refractivity contribution in [2.24, 2.45) is 0 Å². The van der Waals surface area contributed by atoms with Crippen LogP contribution in [-0.4, -0.2) is 10.9 Å². The van der Waals surface area contributed by atoms with Crippen LogP contribution in [0, 0.1) is 0 Å². The molecule has 3 N–H and O–H groups in total. The summed E-state index contributed by atoms with van der Waals surface area (Å²) in [5.74, 6) is -0.223. The highest BCUT2D eigenvalue weighted by molar-refractivity contribution is 9.10. The Kier molecular flexibility index (Phi) is 4.15. The van der Waals surface area contributed by atoms with Gasteiger partial charge in [-0.3, -0.25) is 10.1 Å². The Bertz CT molecular complexity index is 646. The highest BCUT2D eigenvalue weighted by Crippen LogP contribution is 2.28. The molecule has 6 heteroatoms. The quantitative estimate of drug-likeness (QED) is 0.800. The van der Waals surface area contributed by atoms with Gasteiger partial charge in [0, 0.05) is 16.5 Å². The second-order valence-corrected chi connectivity index (χ2v) is 7.10. The molecule has 0 aliphatic carbocycles. The van der Waals surface area contributed by atoms with Crippen molar-refractivity contribution in [2.75, 3.05) is 11.1 Å². The molecule has 1 aromatic heterocycles. The van der Waals surface area contributed by atoms with Gasteiger partial charge < -0.3 is 5.73 Å². The molecular weight excluding hydrogens is 338 g/mol. The average Bonchev–Trinajstić information content (AvgIpc) is 2.81. The van der Waals surface area contributed by atoms with E-state index in [1.807, 2.05) is 5.38 Å². The molecule has 0 unspecified atom stereocenters. The zero-order valence-electron chi connectivity index (χ0n) is 11.5. The van der Waals surface area contributed by atoms with Gasteiger partial charge in [0.2, 0.25) is 0 Å². The highest BCUT2D eigenvalue weighted by Gasteiger charge is 2.19. The molecule has 4 nitrogen and oxygen atoms in total. The molecule has 0 atom stereocenters. The third kappa shape index (κ3) is 3.19. The Morgan fingerprint density at radius 1 is 1.40 bits per heavy atom. The van der Waals surface area contributed by atoms with Gasteiger partial charge in [-0.05, 0) is 28.1 Å². The summed E-state index contributed by atoms with van der Waals surface area (Å²) in [5.41, 5.74) is 7.74. The summed E-state index contributed by atoms with van der Waals surface area (Å²) in [6, 6.07) is 5.20. The van der Waals surface area contributed by atoms with Crippen molar-refractivity contribution < 1.29 is 4.79 Å². The minimum absolute atomic E-state index is 0.0305. The van der Waals surface area contributed by atoms with Gasteiger partial charge in [-0.2, -0.15) is 0 Å². The van der Waals surface area contributed by atoms with Gasteiger partial charge in [0.15, 0.2) is 5.13 Å². The second kappa shape index (κ2) is 5.54. The number of carbonyl (C=O) groups excluding carboxylic acids is 1. The summed E-state index contributed by atoms with van der Waals surface area (Å²) in [6.07, 6.45) is 0. The zero-order valence-corrected chi connectivity index (χ0v) is 13.9. The van der Waals surface area contributed by atoms with E-state index < -0.39 is 0 Å². The lowest BCUT2D eigenvalue weighted by Gasteiger charge is -2.14. The number of carbonyl (C=O) groups is 1. The molecule has 20 heavy (non-hydrogen) atoms. The molecule has 0 radical (unpaired) electrons. The first-order valence-corrected chi connectivity index (χ1v) is 7.77.